The Labute approximate surface area is 109 Å². The van der Waals surface area contributed by atoms with Gasteiger partial charge in [-0.05, 0) is 18.6 Å². The van der Waals surface area contributed by atoms with Crippen molar-refractivity contribution in [2.75, 3.05) is 12.8 Å². The van der Waals surface area contributed by atoms with Crippen LogP contribution in [0.3, 0.4) is 0 Å². The number of amides is 1. The summed E-state index contributed by atoms with van der Waals surface area (Å²) in [6, 6.07) is 4.99. The normalized spacial score (nSPS) is 13.4. The molecule has 1 aromatic rings. The zero-order valence-electron chi connectivity index (χ0n) is 10.3. The average Bonchev–Trinajstić information content (AvgIpc) is 2.38. The number of nitrogens with zero attached hydrogens (tertiary/aromatic N) is 2. The maximum atomic E-state index is 11.7. The maximum Gasteiger partial charge on any atom is 0.269 e. The van der Waals surface area contributed by atoms with Crippen LogP contribution in [0.1, 0.15) is 29.4 Å². The van der Waals surface area contributed by atoms with Gasteiger partial charge in [0.2, 0.25) is 0 Å². The molecular weight excluding hydrogens is 250 g/mol. The van der Waals surface area contributed by atoms with Gasteiger partial charge in [0.05, 0.1) is 5.56 Å². The van der Waals surface area contributed by atoms with E-state index >= 15 is 0 Å². The Morgan fingerprint density at radius 3 is 2.83 bits per heavy atom. The average molecular weight is 265 g/mol. The molecule has 0 radical (unpaired) electrons. The molecule has 1 amide bonds. The topological polar surface area (TPSA) is 82.8 Å². The number of carbonyl (C=O) groups is 1. The third kappa shape index (κ3) is 4.26. The van der Waals surface area contributed by atoms with Gasteiger partial charge in [0.15, 0.2) is 0 Å². The number of aromatic nitrogens is 1. The molecule has 6 heteroatoms. The molecule has 0 saturated heterocycles. The van der Waals surface area contributed by atoms with Crippen LogP contribution < -0.4 is 5.32 Å². The van der Waals surface area contributed by atoms with E-state index in [-0.39, 0.29) is 16.9 Å². The van der Waals surface area contributed by atoms with E-state index in [1.807, 2.05) is 13.0 Å². The lowest BCUT2D eigenvalue weighted by molar-refractivity contribution is 0.0948. The number of carbonyl (C=O) groups excluding carboxylic acids is 1. The maximum absolute atomic E-state index is 11.7. The molecule has 0 aliphatic carbocycles. The highest BCUT2D eigenvalue weighted by atomic mass is 32.2. The predicted octanol–water partition coefficient (Wildman–Crippen LogP) is 0.840. The van der Waals surface area contributed by atoms with Gasteiger partial charge in [-0.1, -0.05) is 6.92 Å². The number of pyridine rings is 1. The lowest BCUT2D eigenvalue weighted by atomic mass is 10.2. The van der Waals surface area contributed by atoms with Crippen LogP contribution in [0.15, 0.2) is 18.3 Å². The first-order chi connectivity index (χ1) is 8.54. The van der Waals surface area contributed by atoms with Crippen LogP contribution in [0.4, 0.5) is 0 Å². The van der Waals surface area contributed by atoms with Crippen LogP contribution in [0, 0.1) is 11.3 Å². The summed E-state index contributed by atoms with van der Waals surface area (Å²) in [6.07, 6.45) is 3.67. The summed E-state index contributed by atoms with van der Waals surface area (Å²) in [7, 11) is -0.877. The molecular formula is C12H15N3O2S. The molecule has 1 aromatic heterocycles. The molecule has 0 saturated carbocycles. The highest BCUT2D eigenvalue weighted by molar-refractivity contribution is 7.84. The zero-order chi connectivity index (χ0) is 13.5. The first kappa shape index (κ1) is 14.3. The fourth-order valence-corrected chi connectivity index (χ4v) is 1.69. The van der Waals surface area contributed by atoms with Gasteiger partial charge in [0.25, 0.3) is 5.91 Å². The fourth-order valence-electron chi connectivity index (χ4n) is 1.24. The predicted molar refractivity (Wildman–Crippen MR) is 69.4 cm³/mol. The van der Waals surface area contributed by atoms with E-state index in [9.17, 15) is 9.00 Å². The fraction of sp³-hybridized carbons (Fsp3) is 0.417. The second-order valence-electron chi connectivity index (χ2n) is 3.90. The molecule has 0 bridgehead atoms. The van der Waals surface area contributed by atoms with Crippen molar-refractivity contribution < 1.29 is 9.00 Å². The standard InChI is InChI=1S/C12H15N3O2S/c1-9(18(2)17)5-6-14-12(16)11-4-3-10(7-13)8-15-11/h3-4,8-9H,5-6H2,1-2H3,(H,14,16). The van der Waals surface area contributed by atoms with E-state index < -0.39 is 10.8 Å². The lowest BCUT2D eigenvalue weighted by Crippen LogP contribution is -2.28. The quantitative estimate of drug-likeness (QED) is 0.855. The molecule has 2 atom stereocenters. The first-order valence-electron chi connectivity index (χ1n) is 5.51. The van der Waals surface area contributed by atoms with Crippen molar-refractivity contribution in [1.29, 1.82) is 5.26 Å². The second kappa shape index (κ2) is 6.87. The summed E-state index contributed by atoms with van der Waals surface area (Å²) in [6.45, 7) is 2.34. The smallest absolute Gasteiger partial charge is 0.269 e. The minimum absolute atomic E-state index is 0.0548. The van der Waals surface area contributed by atoms with E-state index in [0.717, 1.165) is 0 Å². The summed E-state index contributed by atoms with van der Waals surface area (Å²) in [5.74, 6) is -0.284. The monoisotopic (exact) mass is 265 g/mol. The van der Waals surface area contributed by atoms with Gasteiger partial charge in [-0.3, -0.25) is 9.00 Å². The second-order valence-corrected chi connectivity index (χ2v) is 5.70. The Bertz CT molecular complexity index is 479. The number of hydrogen-bond acceptors (Lipinski definition) is 4. The van der Waals surface area contributed by atoms with Crippen molar-refractivity contribution in [1.82, 2.24) is 10.3 Å². The molecule has 2 unspecified atom stereocenters. The molecule has 0 aliphatic heterocycles. The van der Waals surface area contributed by atoms with E-state index in [1.165, 1.54) is 12.3 Å². The SMILES string of the molecule is CC(CCNC(=O)c1ccc(C#N)cn1)S(C)=O. The van der Waals surface area contributed by atoms with Crippen molar-refractivity contribution in [2.24, 2.45) is 0 Å². The summed E-state index contributed by atoms with van der Waals surface area (Å²) in [5.41, 5.74) is 0.695. The Balaban J connectivity index is 2.46. The molecule has 96 valence electrons. The van der Waals surface area contributed by atoms with Gasteiger partial charge in [0, 0.05) is 35.0 Å². The third-order valence-corrected chi connectivity index (χ3v) is 3.90. The molecule has 0 spiro atoms. The molecule has 18 heavy (non-hydrogen) atoms. The minimum atomic E-state index is -0.877. The highest BCUT2D eigenvalue weighted by Gasteiger charge is 2.09. The van der Waals surface area contributed by atoms with E-state index in [0.29, 0.717) is 18.5 Å². The molecule has 0 aliphatic rings. The van der Waals surface area contributed by atoms with Crippen molar-refractivity contribution >= 4 is 16.7 Å². The highest BCUT2D eigenvalue weighted by Crippen LogP contribution is 2.00. The summed E-state index contributed by atoms with van der Waals surface area (Å²) in [5, 5.41) is 11.4. The van der Waals surface area contributed by atoms with Crippen LogP contribution in [0.25, 0.3) is 0 Å². The molecule has 1 heterocycles. The van der Waals surface area contributed by atoms with Gasteiger partial charge in [-0.2, -0.15) is 5.26 Å². The molecule has 1 N–H and O–H groups in total. The summed E-state index contributed by atoms with van der Waals surface area (Å²) < 4.78 is 11.1. The van der Waals surface area contributed by atoms with E-state index in [2.05, 4.69) is 10.3 Å². The number of hydrogen-bond donors (Lipinski definition) is 1. The molecule has 0 fully saturated rings. The van der Waals surface area contributed by atoms with Gasteiger partial charge < -0.3 is 5.32 Å². The zero-order valence-corrected chi connectivity index (χ0v) is 11.2. The Morgan fingerprint density at radius 1 is 1.61 bits per heavy atom. The van der Waals surface area contributed by atoms with Crippen LogP contribution >= 0.6 is 0 Å². The van der Waals surface area contributed by atoms with Crippen molar-refractivity contribution in [3.8, 4) is 6.07 Å². The van der Waals surface area contributed by atoms with Crippen LogP contribution in [-0.4, -0.2) is 33.2 Å². The number of nitrogens with one attached hydrogen (secondary N) is 1. The van der Waals surface area contributed by atoms with Crippen molar-refractivity contribution in [3.05, 3.63) is 29.6 Å². The Kier molecular flexibility index (Phi) is 5.46. The molecule has 5 nitrogen and oxygen atoms in total. The minimum Gasteiger partial charge on any atom is -0.351 e. The summed E-state index contributed by atoms with van der Waals surface area (Å²) >= 11 is 0. The molecule has 0 aromatic carbocycles. The van der Waals surface area contributed by atoms with Crippen LogP contribution in [0.5, 0.6) is 0 Å². The van der Waals surface area contributed by atoms with Crippen LogP contribution in [-0.2, 0) is 10.8 Å². The number of nitriles is 1. The third-order valence-electron chi connectivity index (χ3n) is 2.53. The van der Waals surface area contributed by atoms with Crippen molar-refractivity contribution in [2.45, 2.75) is 18.6 Å². The van der Waals surface area contributed by atoms with Crippen LogP contribution in [0.2, 0.25) is 0 Å². The number of rotatable bonds is 5. The largest absolute Gasteiger partial charge is 0.351 e. The van der Waals surface area contributed by atoms with Gasteiger partial charge in [-0.15, -0.1) is 0 Å². The van der Waals surface area contributed by atoms with Gasteiger partial charge >= 0.3 is 0 Å². The Hall–Kier alpha value is -1.74. The summed E-state index contributed by atoms with van der Waals surface area (Å²) in [4.78, 5) is 15.6. The lowest BCUT2D eigenvalue weighted by Gasteiger charge is -2.08. The molecule has 1 rings (SSSR count). The van der Waals surface area contributed by atoms with Gasteiger partial charge in [-0.25, -0.2) is 4.98 Å². The van der Waals surface area contributed by atoms with Gasteiger partial charge in [0.1, 0.15) is 11.8 Å². The van der Waals surface area contributed by atoms with Crippen molar-refractivity contribution in [3.63, 3.8) is 0 Å². The first-order valence-corrected chi connectivity index (χ1v) is 7.13. The van der Waals surface area contributed by atoms with E-state index in [4.69, 9.17) is 5.26 Å². The Morgan fingerprint density at radius 2 is 2.33 bits per heavy atom. The van der Waals surface area contributed by atoms with E-state index in [1.54, 1.807) is 12.3 Å².